The van der Waals surface area contributed by atoms with Crippen LogP contribution in [-0.2, 0) is 21.3 Å². The van der Waals surface area contributed by atoms with E-state index in [1.807, 2.05) is 54.6 Å². The zero-order valence-corrected chi connectivity index (χ0v) is 14.6. The van der Waals surface area contributed by atoms with Crippen LogP contribution < -0.4 is 4.74 Å². The summed E-state index contributed by atoms with van der Waals surface area (Å²) >= 11 is 3.48. The Kier molecular flexibility index (Phi) is 6.41. The van der Waals surface area contributed by atoms with E-state index in [-0.39, 0.29) is 0 Å². The molecule has 0 aliphatic carbocycles. The fourth-order valence-electron chi connectivity index (χ4n) is 2.34. The van der Waals surface area contributed by atoms with Crippen molar-refractivity contribution < 1.29 is 14.3 Å². The molecule has 2 aromatic rings. The Morgan fingerprint density at radius 2 is 1.96 bits per heavy atom. The van der Waals surface area contributed by atoms with E-state index in [9.17, 15) is 4.79 Å². The smallest absolute Gasteiger partial charge is 0.351 e. The van der Waals surface area contributed by atoms with Crippen LogP contribution in [0.15, 0.2) is 61.2 Å². The molecule has 0 aliphatic rings. The van der Waals surface area contributed by atoms with Gasteiger partial charge in [-0.15, -0.1) is 6.58 Å². The molecule has 0 bridgehead atoms. The standard InChI is InChI=1S/C19H19BrO3/c1-3-8-16-15(13-20)11-7-12-17(16)23-18(19(21)22-2)14-9-5-4-6-10-14/h3-7,9-12,18H,1,8,13H2,2H3. The lowest BCUT2D eigenvalue weighted by Crippen LogP contribution is -2.21. The molecule has 2 rings (SSSR count). The minimum Gasteiger partial charge on any atom is -0.474 e. The third kappa shape index (κ3) is 4.23. The normalized spacial score (nSPS) is 11.6. The van der Waals surface area contributed by atoms with Crippen LogP contribution in [0.1, 0.15) is 22.8 Å². The molecule has 0 saturated carbocycles. The van der Waals surface area contributed by atoms with Crippen LogP contribution >= 0.6 is 15.9 Å². The number of methoxy groups -OCH3 is 1. The summed E-state index contributed by atoms with van der Waals surface area (Å²) in [6, 6.07) is 15.1. The molecule has 120 valence electrons. The number of rotatable bonds is 7. The molecule has 0 spiro atoms. The third-order valence-corrected chi connectivity index (χ3v) is 4.09. The molecule has 1 atom stereocenters. The van der Waals surface area contributed by atoms with Gasteiger partial charge >= 0.3 is 5.97 Å². The second-order valence-corrected chi connectivity index (χ2v) is 5.51. The molecule has 4 heteroatoms. The van der Waals surface area contributed by atoms with E-state index >= 15 is 0 Å². The molecule has 0 aliphatic heterocycles. The van der Waals surface area contributed by atoms with Gasteiger partial charge in [-0.3, -0.25) is 0 Å². The number of carbonyl (C=O) groups is 1. The molecular formula is C19H19BrO3. The Hall–Kier alpha value is -2.07. The maximum Gasteiger partial charge on any atom is 0.351 e. The van der Waals surface area contributed by atoms with Crippen LogP contribution in [0, 0.1) is 0 Å². The predicted octanol–water partition coefficient (Wildman–Crippen LogP) is 4.60. The summed E-state index contributed by atoms with van der Waals surface area (Å²) in [5, 5.41) is 0.710. The maximum absolute atomic E-state index is 12.2. The first-order valence-electron chi connectivity index (χ1n) is 7.28. The van der Waals surface area contributed by atoms with Gasteiger partial charge in [-0.1, -0.05) is 64.5 Å². The number of ether oxygens (including phenoxy) is 2. The zero-order valence-electron chi connectivity index (χ0n) is 13.0. The molecular weight excluding hydrogens is 356 g/mol. The number of carbonyl (C=O) groups excluding carboxylic acids is 1. The predicted molar refractivity (Wildman–Crippen MR) is 94.8 cm³/mol. The Labute approximate surface area is 145 Å². The van der Waals surface area contributed by atoms with Crippen LogP contribution in [0.25, 0.3) is 0 Å². The Morgan fingerprint density at radius 3 is 2.57 bits per heavy atom. The van der Waals surface area contributed by atoms with Crippen molar-refractivity contribution in [3.63, 3.8) is 0 Å². The van der Waals surface area contributed by atoms with Gasteiger partial charge in [-0.25, -0.2) is 4.79 Å². The van der Waals surface area contributed by atoms with E-state index < -0.39 is 12.1 Å². The van der Waals surface area contributed by atoms with Crippen molar-refractivity contribution in [2.24, 2.45) is 0 Å². The Morgan fingerprint density at radius 1 is 1.22 bits per heavy atom. The van der Waals surface area contributed by atoms with Gasteiger partial charge in [-0.05, 0) is 18.1 Å². The van der Waals surface area contributed by atoms with Gasteiger partial charge < -0.3 is 9.47 Å². The highest BCUT2D eigenvalue weighted by Crippen LogP contribution is 2.30. The number of esters is 1. The quantitative estimate of drug-likeness (QED) is 0.403. The first-order valence-corrected chi connectivity index (χ1v) is 8.40. The molecule has 0 N–H and O–H groups in total. The molecule has 0 fully saturated rings. The van der Waals surface area contributed by atoms with Crippen molar-refractivity contribution in [3.05, 3.63) is 77.9 Å². The SMILES string of the molecule is C=CCc1c(CBr)cccc1OC(C(=O)OC)c1ccccc1. The molecule has 0 radical (unpaired) electrons. The fourth-order valence-corrected chi connectivity index (χ4v) is 2.86. The number of allylic oxidation sites excluding steroid dienone is 1. The summed E-state index contributed by atoms with van der Waals surface area (Å²) < 4.78 is 10.9. The van der Waals surface area contributed by atoms with Gasteiger partial charge in [0.05, 0.1) is 7.11 Å². The molecule has 0 aromatic heterocycles. The third-order valence-electron chi connectivity index (χ3n) is 3.48. The maximum atomic E-state index is 12.2. The number of halogens is 1. The lowest BCUT2D eigenvalue weighted by atomic mass is 10.0. The van der Waals surface area contributed by atoms with Gasteiger partial charge in [0.1, 0.15) is 5.75 Å². The molecule has 0 saturated heterocycles. The largest absolute Gasteiger partial charge is 0.474 e. The highest BCUT2D eigenvalue weighted by atomic mass is 79.9. The van der Waals surface area contributed by atoms with E-state index in [0.717, 1.165) is 16.7 Å². The average molecular weight is 375 g/mol. The molecule has 0 amide bonds. The zero-order chi connectivity index (χ0) is 16.7. The van der Waals surface area contributed by atoms with Crippen molar-refractivity contribution in [1.29, 1.82) is 0 Å². The van der Waals surface area contributed by atoms with Gasteiger partial charge in [0.2, 0.25) is 6.10 Å². The highest BCUT2D eigenvalue weighted by Gasteiger charge is 2.24. The van der Waals surface area contributed by atoms with E-state index in [2.05, 4.69) is 22.5 Å². The summed E-state index contributed by atoms with van der Waals surface area (Å²) in [6.45, 7) is 3.80. The molecule has 3 nitrogen and oxygen atoms in total. The van der Waals surface area contributed by atoms with Gasteiger partial charge in [0.15, 0.2) is 0 Å². The van der Waals surface area contributed by atoms with Crippen molar-refractivity contribution in [2.45, 2.75) is 17.9 Å². The van der Waals surface area contributed by atoms with E-state index in [1.54, 1.807) is 0 Å². The lowest BCUT2D eigenvalue weighted by molar-refractivity contribution is -0.149. The van der Waals surface area contributed by atoms with E-state index in [1.165, 1.54) is 7.11 Å². The van der Waals surface area contributed by atoms with Gasteiger partial charge in [0, 0.05) is 16.5 Å². The second kappa shape index (κ2) is 8.53. The summed E-state index contributed by atoms with van der Waals surface area (Å²) in [6.07, 6.45) is 1.69. The molecule has 23 heavy (non-hydrogen) atoms. The summed E-state index contributed by atoms with van der Waals surface area (Å²) in [7, 11) is 1.36. The molecule has 0 heterocycles. The Balaban J connectivity index is 2.40. The van der Waals surface area contributed by atoms with E-state index in [0.29, 0.717) is 17.5 Å². The molecule has 1 unspecified atom stereocenters. The van der Waals surface area contributed by atoms with Crippen LogP contribution in [0.4, 0.5) is 0 Å². The summed E-state index contributed by atoms with van der Waals surface area (Å²) in [4.78, 5) is 12.2. The fraction of sp³-hybridized carbons (Fsp3) is 0.211. The number of hydrogen-bond donors (Lipinski definition) is 0. The van der Waals surface area contributed by atoms with Crippen molar-refractivity contribution in [1.82, 2.24) is 0 Å². The number of benzene rings is 2. The van der Waals surface area contributed by atoms with Crippen LogP contribution in [0.5, 0.6) is 5.75 Å². The van der Waals surface area contributed by atoms with Gasteiger partial charge in [0.25, 0.3) is 0 Å². The summed E-state index contributed by atoms with van der Waals surface area (Å²) in [5.41, 5.74) is 2.89. The average Bonchev–Trinajstić information content (AvgIpc) is 2.61. The van der Waals surface area contributed by atoms with Crippen molar-refractivity contribution >= 4 is 21.9 Å². The number of hydrogen-bond acceptors (Lipinski definition) is 3. The van der Waals surface area contributed by atoms with Crippen LogP contribution in [0.3, 0.4) is 0 Å². The van der Waals surface area contributed by atoms with Crippen LogP contribution in [0.2, 0.25) is 0 Å². The monoisotopic (exact) mass is 374 g/mol. The van der Waals surface area contributed by atoms with Gasteiger partial charge in [-0.2, -0.15) is 0 Å². The first-order chi connectivity index (χ1) is 11.2. The minimum absolute atomic E-state index is 0.426. The number of alkyl halides is 1. The first kappa shape index (κ1) is 17.3. The second-order valence-electron chi connectivity index (χ2n) is 4.95. The van der Waals surface area contributed by atoms with Crippen LogP contribution in [-0.4, -0.2) is 13.1 Å². The highest BCUT2D eigenvalue weighted by molar-refractivity contribution is 9.08. The lowest BCUT2D eigenvalue weighted by Gasteiger charge is -2.20. The van der Waals surface area contributed by atoms with Crippen molar-refractivity contribution in [3.8, 4) is 5.75 Å². The molecule has 2 aromatic carbocycles. The van der Waals surface area contributed by atoms with Crippen molar-refractivity contribution in [2.75, 3.05) is 7.11 Å². The van der Waals surface area contributed by atoms with E-state index in [4.69, 9.17) is 9.47 Å². The minimum atomic E-state index is -0.796. The summed E-state index contributed by atoms with van der Waals surface area (Å²) in [5.74, 6) is 0.242. The Bertz CT molecular complexity index is 668. The topological polar surface area (TPSA) is 35.5 Å².